The molecule has 3 aliphatic heterocycles. The lowest BCUT2D eigenvalue weighted by molar-refractivity contribution is 0.0600. The highest BCUT2D eigenvalue weighted by Gasteiger charge is 2.44. The minimum atomic E-state index is -0.348. The second kappa shape index (κ2) is 8.92. The maximum Gasteiger partial charge on any atom is 0.337 e. The molecule has 1 fully saturated rings. The minimum absolute atomic E-state index is 0.240. The molecule has 0 amide bonds. The third-order valence-electron chi connectivity index (χ3n) is 7.13. The van der Waals surface area contributed by atoms with Crippen LogP contribution < -0.4 is 14.4 Å². The van der Waals surface area contributed by atoms with E-state index >= 15 is 0 Å². The molecular formula is C26H29ClN2O4. The van der Waals surface area contributed by atoms with E-state index in [-0.39, 0.29) is 11.4 Å². The summed E-state index contributed by atoms with van der Waals surface area (Å²) in [5.74, 6) is 1.27. The molecule has 3 aliphatic rings. The highest BCUT2D eigenvalue weighted by molar-refractivity contribution is 6.30. The van der Waals surface area contributed by atoms with Gasteiger partial charge in [0.1, 0.15) is 11.5 Å². The van der Waals surface area contributed by atoms with Gasteiger partial charge >= 0.3 is 5.97 Å². The first-order valence-electron chi connectivity index (χ1n) is 11.4. The normalized spacial score (nSPS) is 23.9. The van der Waals surface area contributed by atoms with E-state index in [4.69, 9.17) is 25.8 Å². The fourth-order valence-corrected chi connectivity index (χ4v) is 5.39. The van der Waals surface area contributed by atoms with Crippen molar-refractivity contribution >= 4 is 23.3 Å². The molecule has 1 saturated heterocycles. The Morgan fingerprint density at radius 3 is 2.91 bits per heavy atom. The van der Waals surface area contributed by atoms with E-state index in [2.05, 4.69) is 22.4 Å². The van der Waals surface area contributed by atoms with Crippen LogP contribution in [0.4, 0.5) is 5.69 Å². The summed E-state index contributed by atoms with van der Waals surface area (Å²) in [5, 5.41) is 0.665. The van der Waals surface area contributed by atoms with Crippen molar-refractivity contribution in [2.75, 3.05) is 51.4 Å². The van der Waals surface area contributed by atoms with Gasteiger partial charge in [0.2, 0.25) is 0 Å². The van der Waals surface area contributed by atoms with Gasteiger partial charge in [0.05, 0.1) is 37.0 Å². The number of carbonyl (C=O) groups excluding carboxylic acids is 1. The van der Waals surface area contributed by atoms with Gasteiger partial charge in [-0.05, 0) is 43.2 Å². The Hall–Kier alpha value is -2.70. The smallest absolute Gasteiger partial charge is 0.337 e. The number of rotatable bonds is 5. The SMILES string of the molecule is C=CCN1CC[C@H]1CN1CC2(CCOc3cc(Cl)ccc32)COc2ccc(C(=O)OC)cc21. The molecule has 6 nitrogen and oxygen atoms in total. The van der Waals surface area contributed by atoms with Crippen LogP contribution >= 0.6 is 11.6 Å². The number of hydrogen-bond acceptors (Lipinski definition) is 6. The first-order valence-corrected chi connectivity index (χ1v) is 11.8. The average Bonchev–Trinajstić information content (AvgIpc) is 2.97. The fraction of sp³-hybridized carbons (Fsp3) is 0.423. The Balaban J connectivity index is 1.54. The van der Waals surface area contributed by atoms with Gasteiger partial charge in [0, 0.05) is 42.8 Å². The summed E-state index contributed by atoms with van der Waals surface area (Å²) in [6, 6.07) is 11.9. The Bertz CT molecular complexity index is 1070. The number of likely N-dealkylation sites (tertiary alicyclic amines) is 1. The van der Waals surface area contributed by atoms with Crippen molar-refractivity contribution in [3.05, 3.63) is 65.2 Å². The molecule has 0 bridgehead atoms. The number of hydrogen-bond donors (Lipinski definition) is 0. The Morgan fingerprint density at radius 1 is 1.27 bits per heavy atom. The average molecular weight is 469 g/mol. The van der Waals surface area contributed by atoms with Crippen molar-refractivity contribution in [2.24, 2.45) is 0 Å². The lowest BCUT2D eigenvalue weighted by Crippen LogP contribution is -2.55. The maximum absolute atomic E-state index is 12.3. The van der Waals surface area contributed by atoms with Crippen LogP contribution in [0.3, 0.4) is 0 Å². The number of anilines is 1. The third kappa shape index (κ3) is 4.06. The molecule has 2 aromatic carbocycles. The number of benzene rings is 2. The van der Waals surface area contributed by atoms with Crippen LogP contribution in [-0.4, -0.2) is 63.4 Å². The molecule has 2 atom stereocenters. The van der Waals surface area contributed by atoms with E-state index in [1.165, 1.54) is 7.11 Å². The van der Waals surface area contributed by atoms with Gasteiger partial charge in [-0.1, -0.05) is 23.7 Å². The van der Waals surface area contributed by atoms with Gasteiger partial charge in [-0.15, -0.1) is 6.58 Å². The maximum atomic E-state index is 12.3. The van der Waals surface area contributed by atoms with E-state index in [1.54, 1.807) is 6.07 Å². The lowest BCUT2D eigenvalue weighted by Gasteiger charge is -2.46. The van der Waals surface area contributed by atoms with Gasteiger partial charge in [0.15, 0.2) is 0 Å². The zero-order valence-corrected chi connectivity index (χ0v) is 19.6. The largest absolute Gasteiger partial charge is 0.493 e. The van der Waals surface area contributed by atoms with E-state index in [1.807, 2.05) is 30.3 Å². The quantitative estimate of drug-likeness (QED) is 0.481. The summed E-state index contributed by atoms with van der Waals surface area (Å²) in [7, 11) is 1.41. The van der Waals surface area contributed by atoms with Crippen LogP contribution in [0.2, 0.25) is 5.02 Å². The number of halogens is 1. The third-order valence-corrected chi connectivity index (χ3v) is 7.37. The Morgan fingerprint density at radius 2 is 2.15 bits per heavy atom. The van der Waals surface area contributed by atoms with Crippen LogP contribution in [0.5, 0.6) is 11.5 Å². The molecule has 1 spiro atoms. The van der Waals surface area contributed by atoms with Gasteiger partial charge < -0.3 is 19.1 Å². The number of nitrogens with zero attached hydrogens (tertiary/aromatic N) is 2. The van der Waals surface area contributed by atoms with E-state index < -0.39 is 0 Å². The Labute approximate surface area is 199 Å². The first-order chi connectivity index (χ1) is 16.0. The molecule has 33 heavy (non-hydrogen) atoms. The summed E-state index contributed by atoms with van der Waals surface area (Å²) in [6.07, 6.45) is 3.94. The second-order valence-corrected chi connectivity index (χ2v) is 9.53. The summed E-state index contributed by atoms with van der Waals surface area (Å²) in [4.78, 5) is 17.1. The molecule has 0 aromatic heterocycles. The predicted molar refractivity (Wildman–Crippen MR) is 129 cm³/mol. The van der Waals surface area contributed by atoms with E-state index in [0.29, 0.717) is 29.8 Å². The molecule has 0 radical (unpaired) electrons. The van der Waals surface area contributed by atoms with Gasteiger partial charge in [-0.2, -0.15) is 0 Å². The van der Waals surface area contributed by atoms with Crippen LogP contribution in [0, 0.1) is 0 Å². The van der Waals surface area contributed by atoms with Crippen LogP contribution in [0.25, 0.3) is 0 Å². The molecule has 5 rings (SSSR count). The second-order valence-electron chi connectivity index (χ2n) is 9.09. The number of carbonyl (C=O) groups is 1. The summed E-state index contributed by atoms with van der Waals surface area (Å²) in [6.45, 7) is 8.62. The summed E-state index contributed by atoms with van der Waals surface area (Å²) < 4.78 is 17.4. The monoisotopic (exact) mass is 468 g/mol. The molecule has 7 heteroatoms. The molecule has 1 unspecified atom stereocenters. The molecule has 174 valence electrons. The van der Waals surface area contributed by atoms with Crippen molar-refractivity contribution < 1.29 is 19.0 Å². The van der Waals surface area contributed by atoms with E-state index in [9.17, 15) is 4.79 Å². The highest BCUT2D eigenvalue weighted by Crippen LogP contribution is 2.45. The number of fused-ring (bicyclic) bond motifs is 3. The number of esters is 1. The molecule has 3 heterocycles. The summed E-state index contributed by atoms with van der Waals surface area (Å²) >= 11 is 6.26. The van der Waals surface area contributed by atoms with E-state index in [0.717, 1.165) is 61.8 Å². The number of methoxy groups -OCH3 is 1. The van der Waals surface area contributed by atoms with Crippen LogP contribution in [0.1, 0.15) is 28.8 Å². The standard InChI is InChI=1S/C26H29ClN2O4/c1-3-10-28-11-8-20(28)15-29-16-26(9-12-32-24-14-19(27)5-6-21(24)26)17-33-23-7-4-18(13-22(23)29)25(30)31-2/h3-7,13-14,20H,1,8-12,15-17H2,2H3/t20-,26?/m0/s1. The predicted octanol–water partition coefficient (Wildman–Crippen LogP) is 4.31. The van der Waals surface area contributed by atoms with Gasteiger partial charge in [-0.25, -0.2) is 4.79 Å². The van der Waals surface area contributed by atoms with Crippen molar-refractivity contribution in [1.82, 2.24) is 4.90 Å². The highest BCUT2D eigenvalue weighted by atomic mass is 35.5. The number of ether oxygens (including phenoxy) is 3. The van der Waals surface area contributed by atoms with Crippen molar-refractivity contribution in [1.29, 1.82) is 0 Å². The fourth-order valence-electron chi connectivity index (χ4n) is 5.23. The Kier molecular flexibility index (Phi) is 5.97. The zero-order valence-electron chi connectivity index (χ0n) is 18.9. The van der Waals surface area contributed by atoms with Crippen molar-refractivity contribution in [3.63, 3.8) is 0 Å². The molecule has 2 aromatic rings. The van der Waals surface area contributed by atoms with Gasteiger partial charge in [0.25, 0.3) is 0 Å². The van der Waals surface area contributed by atoms with Crippen molar-refractivity contribution in [3.8, 4) is 11.5 Å². The van der Waals surface area contributed by atoms with Crippen LogP contribution in [-0.2, 0) is 10.2 Å². The topological polar surface area (TPSA) is 51.2 Å². The molecular weight excluding hydrogens is 440 g/mol. The molecule has 0 saturated carbocycles. The molecule has 0 N–H and O–H groups in total. The first kappa shape index (κ1) is 22.1. The zero-order chi connectivity index (χ0) is 23.0. The van der Waals surface area contributed by atoms with Crippen LogP contribution in [0.15, 0.2) is 49.1 Å². The lowest BCUT2D eigenvalue weighted by atomic mass is 9.76. The summed E-state index contributed by atoms with van der Waals surface area (Å²) in [5.41, 5.74) is 2.34. The van der Waals surface area contributed by atoms with Crippen molar-refractivity contribution in [2.45, 2.75) is 24.3 Å². The molecule has 0 aliphatic carbocycles. The minimum Gasteiger partial charge on any atom is -0.493 e. The van der Waals surface area contributed by atoms with Gasteiger partial charge in [-0.3, -0.25) is 4.90 Å².